The summed E-state index contributed by atoms with van der Waals surface area (Å²) in [6, 6.07) is 0. The van der Waals surface area contributed by atoms with Crippen LogP contribution in [0.4, 0.5) is 0 Å². The van der Waals surface area contributed by atoms with Gasteiger partial charge >= 0.3 is 51.9 Å². The third kappa shape index (κ3) is 2940. The maximum absolute atomic E-state index is 8.85. The van der Waals surface area contributed by atoms with Gasteiger partial charge in [-0.3, -0.25) is 18.2 Å². The van der Waals surface area contributed by atoms with Gasteiger partial charge in [-0.1, -0.05) is 0 Å². The Morgan fingerprint density at radius 3 is 0.667 bits per heavy atom. The molecule has 0 aromatic heterocycles. The molecule has 0 bridgehead atoms. The summed E-state index contributed by atoms with van der Waals surface area (Å²) in [4.78, 5) is 0. The van der Waals surface area contributed by atoms with Gasteiger partial charge in [-0.05, 0) is 0 Å². The topological polar surface area (TPSA) is 294 Å². The first-order valence-electron chi connectivity index (χ1n) is 2.10. The van der Waals surface area contributed by atoms with E-state index in [4.69, 9.17) is 49.4 Å². The molecule has 0 aliphatic carbocycles. The fourth-order valence-corrected chi connectivity index (χ4v) is 0. The van der Waals surface area contributed by atoms with E-state index in [1.807, 2.05) is 0 Å². The molecule has 0 aliphatic heterocycles. The Morgan fingerprint density at radius 1 is 0.667 bits per heavy atom. The summed E-state index contributed by atoms with van der Waals surface area (Å²) < 4.78 is 95.2. The minimum absolute atomic E-state index is 0. The van der Waals surface area contributed by atoms with Crippen LogP contribution in [0.1, 0.15) is 0 Å². The van der Waals surface area contributed by atoms with Crippen molar-refractivity contribution >= 4 is 20.8 Å². The van der Waals surface area contributed by atoms with E-state index < -0.39 is 37.5 Å². The zero-order chi connectivity index (χ0) is 13.5. The predicted octanol–water partition coefficient (Wildman–Crippen LogP) is -2.34. The van der Waals surface area contributed by atoms with Crippen molar-refractivity contribution in [1.82, 2.24) is 12.3 Å². The van der Waals surface area contributed by atoms with Crippen molar-refractivity contribution in [3.05, 3.63) is 0 Å². The molecule has 0 spiro atoms. The first-order chi connectivity index (χ1) is 6.00. The summed E-state index contributed by atoms with van der Waals surface area (Å²) in [6.45, 7) is 0. The number of hydrogen-bond donors (Lipinski definition) is 8. The van der Waals surface area contributed by atoms with Crippen LogP contribution in [0.5, 0.6) is 0 Å². The van der Waals surface area contributed by atoms with Gasteiger partial charge in [-0.2, -0.15) is 16.8 Å². The molecule has 0 atom stereocenters. The molecule has 116 valence electrons. The molecule has 0 aliphatic rings. The average molecular weight is 532 g/mol. The average Bonchev–Trinajstić information content (AvgIpc) is 1.41. The molecular weight excluding hydrogens is 520 g/mol. The Kier molecular flexibility index (Phi) is 29.7. The van der Waals surface area contributed by atoms with E-state index >= 15 is 0 Å². The molecule has 18 heavy (non-hydrogen) atoms. The van der Waals surface area contributed by atoms with Crippen LogP contribution >= 0.6 is 0 Å². The monoisotopic (exact) mass is 534 g/mol. The molecule has 0 saturated heterocycles. The van der Waals surface area contributed by atoms with E-state index in [1.54, 1.807) is 0 Å². The molecular formula is H12CeMoN2O12S2. The molecule has 0 unspecified atom stereocenters. The van der Waals surface area contributed by atoms with Crippen LogP contribution in [-0.2, 0) is 44.3 Å². The first-order valence-corrected chi connectivity index (χ1v) is 8.32. The van der Waals surface area contributed by atoms with Crippen molar-refractivity contribution in [2.75, 3.05) is 0 Å². The quantitative estimate of drug-likeness (QED) is 0.120. The van der Waals surface area contributed by atoms with Gasteiger partial charge in [0, 0.05) is 41.7 Å². The summed E-state index contributed by atoms with van der Waals surface area (Å²) in [5.74, 6) is 0. The molecule has 0 heterocycles. The van der Waals surface area contributed by atoms with Crippen molar-refractivity contribution < 1.29 is 108 Å². The summed E-state index contributed by atoms with van der Waals surface area (Å²) in [5.41, 5.74) is 0. The third-order valence-corrected chi connectivity index (χ3v) is 0. The van der Waals surface area contributed by atoms with E-state index in [1.165, 1.54) is 0 Å². The van der Waals surface area contributed by atoms with Crippen molar-refractivity contribution in [2.45, 2.75) is 0 Å². The number of hydrogen-bond acceptors (Lipinski definition) is 8. The standard InChI is InChI=1S/Ce.Mo.2H3N.2H2O4S.2H2O.2O/c;;;;2*1-5(2,3)4;;;;/h;;2*1H3;2*(H2,1,2,3,4);2*1H2;;/q;+2;;;;;;;;/p-2. The molecule has 0 radical (unpaired) electrons. The first kappa shape index (κ1) is 36.5. The Labute approximate surface area is 139 Å². The van der Waals surface area contributed by atoms with Crippen LogP contribution in [0.2, 0.25) is 0 Å². The maximum atomic E-state index is 8.85. The second-order valence-electron chi connectivity index (χ2n) is 1.34. The van der Waals surface area contributed by atoms with Gasteiger partial charge < -0.3 is 12.3 Å². The van der Waals surface area contributed by atoms with E-state index in [0.717, 1.165) is 0 Å². The van der Waals surface area contributed by atoms with E-state index in [-0.39, 0.29) is 54.0 Å². The van der Waals surface area contributed by atoms with Crippen LogP contribution in [0.3, 0.4) is 0 Å². The summed E-state index contributed by atoms with van der Waals surface area (Å²) >= 11 is -5.52. The zero-order valence-electron chi connectivity index (χ0n) is 8.27. The van der Waals surface area contributed by atoms with Crippen LogP contribution < -0.4 is 12.3 Å². The summed E-state index contributed by atoms with van der Waals surface area (Å²) in [6.07, 6.45) is 0. The Balaban J connectivity index is -0.0000000277. The van der Waals surface area contributed by atoms with E-state index in [2.05, 4.69) is 0 Å². The zero-order valence-corrected chi connectivity index (χ0v) is 15.1. The fourth-order valence-electron chi connectivity index (χ4n) is 0. The van der Waals surface area contributed by atoms with Crippen LogP contribution in [-0.4, -0.2) is 42.6 Å². The predicted molar refractivity (Wildman–Crippen MR) is 44.2 cm³/mol. The van der Waals surface area contributed by atoms with Crippen LogP contribution in [0.15, 0.2) is 0 Å². The molecule has 0 aromatic rings. The van der Waals surface area contributed by atoms with Gasteiger partial charge in [0.25, 0.3) is 0 Å². The fraction of sp³-hybridized carbons (Fsp3) is 0. The minimum atomic E-state index is -5.52. The molecule has 14 nitrogen and oxygen atoms in total. The molecule has 18 heteroatoms. The Hall–Kier alpha value is 1.24. The molecule has 12 N–H and O–H groups in total. The Morgan fingerprint density at radius 2 is 0.667 bits per heavy atom. The Bertz CT molecular complexity index is 349. The SMILES string of the molecule is N.N.O=S(=O)(O)O.O=S(=O)(O)O.[Ce].[O]=[Mo](=[O])([OH])[OH]. The van der Waals surface area contributed by atoms with Gasteiger partial charge in [-0.25, -0.2) is 0 Å². The second kappa shape index (κ2) is 14.6. The van der Waals surface area contributed by atoms with Crippen LogP contribution in [0, 0.1) is 41.7 Å². The van der Waals surface area contributed by atoms with Crippen molar-refractivity contribution in [2.24, 2.45) is 0 Å². The van der Waals surface area contributed by atoms with Crippen molar-refractivity contribution in [1.29, 1.82) is 0 Å². The third-order valence-electron chi connectivity index (χ3n) is 0. The second-order valence-corrected chi connectivity index (χ2v) is 5.34. The van der Waals surface area contributed by atoms with Crippen molar-refractivity contribution in [3.8, 4) is 0 Å². The normalized spacial score (nSPS) is 9.67. The molecule has 0 rings (SSSR count). The summed E-state index contributed by atoms with van der Waals surface area (Å²) in [7, 11) is -9.33. The van der Waals surface area contributed by atoms with Crippen LogP contribution in [0.25, 0.3) is 0 Å². The van der Waals surface area contributed by atoms with Gasteiger partial charge in [0.05, 0.1) is 0 Å². The van der Waals surface area contributed by atoms with Gasteiger partial charge in [-0.15, -0.1) is 0 Å². The number of rotatable bonds is 0. The van der Waals surface area contributed by atoms with Crippen molar-refractivity contribution in [3.63, 3.8) is 0 Å². The van der Waals surface area contributed by atoms with Gasteiger partial charge in [0.2, 0.25) is 0 Å². The molecule has 0 amide bonds. The van der Waals surface area contributed by atoms with Gasteiger partial charge in [0.1, 0.15) is 0 Å². The summed E-state index contributed by atoms with van der Waals surface area (Å²) in [5, 5.41) is 0. The van der Waals surface area contributed by atoms with Gasteiger partial charge in [0.15, 0.2) is 0 Å². The van der Waals surface area contributed by atoms with E-state index in [9.17, 15) is 0 Å². The molecule has 0 saturated carbocycles. The molecule has 0 fully saturated rings. The van der Waals surface area contributed by atoms with E-state index in [0.29, 0.717) is 0 Å². The molecule has 0 aromatic carbocycles.